The molecule has 2 heterocycles. The number of methoxy groups -OCH3 is 1. The minimum absolute atomic E-state index is 0.101. The van der Waals surface area contributed by atoms with Crippen molar-refractivity contribution in [1.29, 1.82) is 0 Å². The predicted octanol–water partition coefficient (Wildman–Crippen LogP) is 2.61. The van der Waals surface area contributed by atoms with Crippen LogP contribution in [0, 0.1) is 5.92 Å². The quantitative estimate of drug-likeness (QED) is 0.845. The molecule has 0 saturated carbocycles. The van der Waals surface area contributed by atoms with Crippen molar-refractivity contribution in [2.75, 3.05) is 32.5 Å². The van der Waals surface area contributed by atoms with Crippen molar-refractivity contribution >= 4 is 22.9 Å². The van der Waals surface area contributed by atoms with Crippen LogP contribution < -0.4 is 5.73 Å². The standard InChI is InChI=1S/C14H22N2O2S/c1-18-8-3-5-11-4-2-7-16(10-11)14(17)13-12(15)6-9-19-13/h6,9,11H,2-5,7-8,10,15H2,1H3/t11-/m1/s1. The molecule has 4 nitrogen and oxygen atoms in total. The third-order valence-corrected chi connectivity index (χ3v) is 4.58. The van der Waals surface area contributed by atoms with Crippen LogP contribution >= 0.6 is 11.3 Å². The van der Waals surface area contributed by atoms with Crippen molar-refractivity contribution < 1.29 is 9.53 Å². The number of nitrogens with zero attached hydrogens (tertiary/aromatic N) is 1. The molecule has 0 radical (unpaired) electrons. The van der Waals surface area contributed by atoms with Gasteiger partial charge in [-0.05, 0) is 43.0 Å². The number of amides is 1. The topological polar surface area (TPSA) is 55.6 Å². The number of carbonyl (C=O) groups is 1. The van der Waals surface area contributed by atoms with E-state index in [0.29, 0.717) is 16.5 Å². The highest BCUT2D eigenvalue weighted by molar-refractivity contribution is 7.12. The minimum atomic E-state index is 0.101. The number of thiophene rings is 1. The third kappa shape index (κ3) is 3.70. The summed E-state index contributed by atoms with van der Waals surface area (Å²) >= 11 is 1.44. The summed E-state index contributed by atoms with van der Waals surface area (Å²) in [6, 6.07) is 1.80. The van der Waals surface area contributed by atoms with E-state index in [1.165, 1.54) is 17.8 Å². The zero-order valence-electron chi connectivity index (χ0n) is 11.4. The van der Waals surface area contributed by atoms with Gasteiger partial charge in [-0.1, -0.05) is 0 Å². The smallest absolute Gasteiger partial charge is 0.266 e. The van der Waals surface area contributed by atoms with Crippen molar-refractivity contribution in [3.05, 3.63) is 16.3 Å². The molecule has 1 aliphatic heterocycles. The molecule has 0 spiro atoms. The number of anilines is 1. The van der Waals surface area contributed by atoms with Crippen LogP contribution in [-0.2, 0) is 4.74 Å². The Kier molecular flexibility index (Phi) is 5.22. The van der Waals surface area contributed by atoms with Gasteiger partial charge in [0.05, 0.1) is 5.69 Å². The number of likely N-dealkylation sites (tertiary alicyclic amines) is 1. The Morgan fingerprint density at radius 3 is 3.16 bits per heavy atom. The van der Waals surface area contributed by atoms with Crippen LogP contribution in [0.3, 0.4) is 0 Å². The van der Waals surface area contributed by atoms with Crippen molar-refractivity contribution in [2.24, 2.45) is 5.92 Å². The Morgan fingerprint density at radius 2 is 2.47 bits per heavy atom. The fraction of sp³-hybridized carbons (Fsp3) is 0.643. The molecule has 0 unspecified atom stereocenters. The number of nitrogens with two attached hydrogens (primary N) is 1. The fourth-order valence-corrected chi connectivity index (χ4v) is 3.42. The lowest BCUT2D eigenvalue weighted by atomic mass is 9.93. The summed E-state index contributed by atoms with van der Waals surface area (Å²) in [5.41, 5.74) is 6.44. The van der Waals surface area contributed by atoms with E-state index in [9.17, 15) is 4.79 Å². The van der Waals surface area contributed by atoms with Gasteiger partial charge in [0.1, 0.15) is 4.88 Å². The van der Waals surface area contributed by atoms with Crippen LogP contribution in [0.2, 0.25) is 0 Å². The van der Waals surface area contributed by atoms with E-state index in [1.807, 2.05) is 10.3 Å². The third-order valence-electron chi connectivity index (χ3n) is 3.66. The highest BCUT2D eigenvalue weighted by Crippen LogP contribution is 2.26. The average molecular weight is 282 g/mol. The second kappa shape index (κ2) is 6.91. The number of ether oxygens (including phenoxy) is 1. The van der Waals surface area contributed by atoms with Crippen LogP contribution in [0.15, 0.2) is 11.4 Å². The van der Waals surface area contributed by atoms with Crippen molar-refractivity contribution in [2.45, 2.75) is 25.7 Å². The summed E-state index contributed by atoms with van der Waals surface area (Å²) in [6.07, 6.45) is 4.52. The number of nitrogen functional groups attached to an aromatic ring is 1. The largest absolute Gasteiger partial charge is 0.397 e. The van der Waals surface area contributed by atoms with E-state index < -0.39 is 0 Å². The predicted molar refractivity (Wildman–Crippen MR) is 78.5 cm³/mol. The van der Waals surface area contributed by atoms with E-state index in [2.05, 4.69) is 0 Å². The van der Waals surface area contributed by atoms with Crippen LogP contribution in [0.4, 0.5) is 5.69 Å². The molecule has 1 amide bonds. The molecule has 2 N–H and O–H groups in total. The maximum atomic E-state index is 12.4. The molecule has 1 aliphatic rings. The number of hydrogen-bond donors (Lipinski definition) is 1. The van der Waals surface area contributed by atoms with Gasteiger partial charge >= 0.3 is 0 Å². The van der Waals surface area contributed by atoms with E-state index >= 15 is 0 Å². The van der Waals surface area contributed by atoms with E-state index in [-0.39, 0.29) is 5.91 Å². The van der Waals surface area contributed by atoms with Crippen LogP contribution in [0.5, 0.6) is 0 Å². The maximum absolute atomic E-state index is 12.4. The first-order valence-corrected chi connectivity index (χ1v) is 7.71. The highest BCUT2D eigenvalue weighted by atomic mass is 32.1. The van der Waals surface area contributed by atoms with Gasteiger partial charge in [0.25, 0.3) is 5.91 Å². The van der Waals surface area contributed by atoms with Crippen molar-refractivity contribution in [3.63, 3.8) is 0 Å². The summed E-state index contributed by atoms with van der Waals surface area (Å²) in [5.74, 6) is 0.706. The monoisotopic (exact) mass is 282 g/mol. The average Bonchev–Trinajstić information content (AvgIpc) is 2.85. The van der Waals surface area contributed by atoms with Gasteiger partial charge in [0.15, 0.2) is 0 Å². The highest BCUT2D eigenvalue weighted by Gasteiger charge is 2.25. The maximum Gasteiger partial charge on any atom is 0.266 e. The van der Waals surface area contributed by atoms with Gasteiger partial charge in [-0.2, -0.15) is 0 Å². The first kappa shape index (κ1) is 14.3. The lowest BCUT2D eigenvalue weighted by molar-refractivity contribution is 0.0666. The number of hydrogen-bond acceptors (Lipinski definition) is 4. The molecule has 106 valence electrons. The van der Waals surface area contributed by atoms with Crippen LogP contribution in [-0.4, -0.2) is 37.6 Å². The van der Waals surface area contributed by atoms with Gasteiger partial charge in [-0.3, -0.25) is 4.79 Å². The molecule has 1 aromatic heterocycles. The zero-order valence-corrected chi connectivity index (χ0v) is 12.2. The first-order valence-electron chi connectivity index (χ1n) is 6.83. The summed E-state index contributed by atoms with van der Waals surface area (Å²) in [5, 5.41) is 1.88. The Labute approximate surface area is 118 Å². The molecule has 1 atom stereocenters. The van der Waals surface area contributed by atoms with Crippen LogP contribution in [0.25, 0.3) is 0 Å². The first-order chi connectivity index (χ1) is 9.22. The second-order valence-corrected chi connectivity index (χ2v) is 6.02. The summed E-state index contributed by atoms with van der Waals surface area (Å²) < 4.78 is 5.09. The van der Waals surface area contributed by atoms with E-state index in [0.717, 1.165) is 39.0 Å². The van der Waals surface area contributed by atoms with E-state index in [4.69, 9.17) is 10.5 Å². The molecule has 1 saturated heterocycles. The lowest BCUT2D eigenvalue weighted by Crippen LogP contribution is -2.39. The summed E-state index contributed by atoms with van der Waals surface area (Å²) in [7, 11) is 1.73. The zero-order chi connectivity index (χ0) is 13.7. The van der Waals surface area contributed by atoms with Gasteiger partial charge in [0, 0.05) is 26.8 Å². The Hall–Kier alpha value is -1.07. The molecular weight excluding hydrogens is 260 g/mol. The number of piperidine rings is 1. The van der Waals surface area contributed by atoms with E-state index in [1.54, 1.807) is 13.2 Å². The van der Waals surface area contributed by atoms with Crippen LogP contribution in [0.1, 0.15) is 35.4 Å². The van der Waals surface area contributed by atoms with Gasteiger partial charge < -0.3 is 15.4 Å². The minimum Gasteiger partial charge on any atom is -0.397 e. The molecule has 1 fully saturated rings. The Bertz CT molecular complexity index is 419. The summed E-state index contributed by atoms with van der Waals surface area (Å²) in [6.45, 7) is 2.53. The normalized spacial score (nSPS) is 19.6. The molecule has 2 rings (SSSR count). The molecule has 1 aromatic rings. The molecular formula is C14H22N2O2S. The Balaban J connectivity index is 1.90. The van der Waals surface area contributed by atoms with Gasteiger partial charge in [-0.25, -0.2) is 0 Å². The Morgan fingerprint density at radius 1 is 1.63 bits per heavy atom. The SMILES string of the molecule is COCCC[C@H]1CCCN(C(=O)c2sccc2N)C1. The number of rotatable bonds is 5. The second-order valence-electron chi connectivity index (χ2n) is 5.10. The van der Waals surface area contributed by atoms with Gasteiger partial charge in [0.2, 0.25) is 0 Å². The molecule has 5 heteroatoms. The van der Waals surface area contributed by atoms with Crippen molar-refractivity contribution in [1.82, 2.24) is 4.90 Å². The molecule has 0 aliphatic carbocycles. The fourth-order valence-electron chi connectivity index (χ4n) is 2.64. The summed E-state index contributed by atoms with van der Waals surface area (Å²) in [4.78, 5) is 15.0. The molecule has 19 heavy (non-hydrogen) atoms. The molecule has 0 bridgehead atoms. The lowest BCUT2D eigenvalue weighted by Gasteiger charge is -2.32. The van der Waals surface area contributed by atoms with Gasteiger partial charge in [-0.15, -0.1) is 11.3 Å². The molecule has 0 aromatic carbocycles. The van der Waals surface area contributed by atoms with Crippen molar-refractivity contribution in [3.8, 4) is 0 Å². The number of carbonyl (C=O) groups excluding carboxylic acids is 1.